The molecule has 6 nitrogen and oxygen atoms in total. The number of hydrogen-bond donors (Lipinski definition) is 2. The number of carbonyl (C=O) groups excluding carboxylic acids is 1. The lowest BCUT2D eigenvalue weighted by Gasteiger charge is -2.25. The zero-order chi connectivity index (χ0) is 19.5. The van der Waals surface area contributed by atoms with Crippen LogP contribution in [0, 0.1) is 10.6 Å². The average Bonchev–Trinajstić information content (AvgIpc) is 3.30. The molecule has 1 fully saturated rings. The van der Waals surface area contributed by atoms with Gasteiger partial charge in [-0.05, 0) is 62.4 Å². The molecule has 1 aliphatic heterocycles. The lowest BCUT2D eigenvalue weighted by Crippen LogP contribution is -2.29. The van der Waals surface area contributed by atoms with Gasteiger partial charge < -0.3 is 4.98 Å². The summed E-state index contributed by atoms with van der Waals surface area (Å²) in [5, 5.41) is 5.37. The Hall–Kier alpha value is -2.36. The van der Waals surface area contributed by atoms with Crippen molar-refractivity contribution in [3.8, 4) is 5.69 Å². The number of nitrogens with one attached hydrogen (secondary N) is 2. The highest BCUT2D eigenvalue weighted by Crippen LogP contribution is 2.20. The number of imidazole rings is 1. The van der Waals surface area contributed by atoms with Crippen molar-refractivity contribution in [2.75, 3.05) is 18.4 Å². The summed E-state index contributed by atoms with van der Waals surface area (Å²) < 4.78 is 15.2. The largest absolute Gasteiger partial charge is 0.336 e. The molecule has 0 spiro atoms. The van der Waals surface area contributed by atoms with Crippen LogP contribution in [0.25, 0.3) is 5.69 Å². The number of carbonyl (C=O) groups is 1. The number of piperidine rings is 1. The molecule has 0 atom stereocenters. The first-order valence-electron chi connectivity index (χ1n) is 9.14. The molecule has 3 aromatic rings. The van der Waals surface area contributed by atoms with Gasteiger partial charge in [0.1, 0.15) is 11.5 Å². The number of halogens is 1. The van der Waals surface area contributed by atoms with Crippen molar-refractivity contribution in [2.45, 2.75) is 25.8 Å². The number of hydrogen-bond acceptors (Lipinski definition) is 5. The van der Waals surface area contributed by atoms with Gasteiger partial charge in [-0.2, -0.15) is 0 Å². The number of aromatic amines is 1. The number of anilines is 1. The van der Waals surface area contributed by atoms with E-state index in [0.29, 0.717) is 21.3 Å². The fourth-order valence-corrected chi connectivity index (χ4v) is 4.29. The van der Waals surface area contributed by atoms with Crippen LogP contribution < -0.4 is 5.32 Å². The van der Waals surface area contributed by atoms with Gasteiger partial charge in [0.2, 0.25) is 0 Å². The number of benzene rings is 1. The molecule has 1 aliphatic rings. The van der Waals surface area contributed by atoms with Crippen LogP contribution in [-0.4, -0.2) is 38.4 Å². The molecule has 1 saturated heterocycles. The molecule has 2 N–H and O–H groups in total. The minimum Gasteiger partial charge on any atom is -0.336 e. The fourth-order valence-electron chi connectivity index (χ4n) is 3.33. The average molecular weight is 418 g/mol. The van der Waals surface area contributed by atoms with E-state index in [0.717, 1.165) is 25.3 Å². The number of aromatic nitrogens is 3. The Bertz CT molecular complexity index is 1020. The van der Waals surface area contributed by atoms with Gasteiger partial charge in [-0.15, -0.1) is 11.3 Å². The number of thiazole rings is 1. The molecule has 0 bridgehead atoms. The first-order chi connectivity index (χ1) is 13.6. The molecule has 1 amide bonds. The van der Waals surface area contributed by atoms with Crippen LogP contribution in [0.3, 0.4) is 0 Å². The highest BCUT2D eigenvalue weighted by atomic mass is 32.1. The summed E-state index contributed by atoms with van der Waals surface area (Å²) in [5.41, 5.74) is 1.92. The second kappa shape index (κ2) is 8.34. The summed E-state index contributed by atoms with van der Waals surface area (Å²) >= 11 is 6.69. The molecule has 0 unspecified atom stereocenters. The molecular formula is C19H20FN5OS2. The Labute approximate surface area is 171 Å². The number of nitrogens with zero attached hydrogens (tertiary/aromatic N) is 3. The van der Waals surface area contributed by atoms with Crippen molar-refractivity contribution in [3.63, 3.8) is 0 Å². The first kappa shape index (κ1) is 19.0. The molecule has 0 aliphatic carbocycles. The van der Waals surface area contributed by atoms with E-state index in [9.17, 15) is 9.18 Å². The van der Waals surface area contributed by atoms with Crippen LogP contribution in [0.4, 0.5) is 9.52 Å². The molecule has 146 valence electrons. The molecule has 2 aromatic heterocycles. The Morgan fingerprint density at radius 3 is 2.75 bits per heavy atom. The Morgan fingerprint density at radius 1 is 1.25 bits per heavy atom. The van der Waals surface area contributed by atoms with Gasteiger partial charge >= 0.3 is 0 Å². The van der Waals surface area contributed by atoms with Crippen LogP contribution in [0.5, 0.6) is 0 Å². The zero-order valence-corrected chi connectivity index (χ0v) is 16.8. The Balaban J connectivity index is 1.49. The van der Waals surface area contributed by atoms with E-state index in [4.69, 9.17) is 12.2 Å². The lowest BCUT2D eigenvalue weighted by molar-refractivity contribution is 0.102. The van der Waals surface area contributed by atoms with E-state index >= 15 is 0 Å². The third kappa shape index (κ3) is 4.21. The topological polar surface area (TPSA) is 66.0 Å². The van der Waals surface area contributed by atoms with Crippen LogP contribution in [-0.2, 0) is 6.54 Å². The SMILES string of the molecule is O=C(Nc1nc(CN2CCCCC2)cs1)c1c[nH]c(=S)n1-c1ccc(F)cc1. The van der Waals surface area contributed by atoms with E-state index in [1.807, 2.05) is 5.38 Å². The van der Waals surface area contributed by atoms with Gasteiger partial charge in [-0.3, -0.25) is 19.6 Å². The van der Waals surface area contributed by atoms with Gasteiger partial charge in [0, 0.05) is 23.8 Å². The molecular weight excluding hydrogens is 397 g/mol. The summed E-state index contributed by atoms with van der Waals surface area (Å²) in [4.78, 5) is 22.6. The molecule has 1 aromatic carbocycles. The van der Waals surface area contributed by atoms with Crippen LogP contribution in [0.2, 0.25) is 0 Å². The molecule has 4 rings (SSSR count). The van der Waals surface area contributed by atoms with E-state index in [1.54, 1.807) is 22.9 Å². The second-order valence-electron chi connectivity index (χ2n) is 6.73. The predicted molar refractivity (Wildman–Crippen MR) is 110 cm³/mol. The maximum Gasteiger partial charge on any atom is 0.276 e. The Morgan fingerprint density at radius 2 is 2.00 bits per heavy atom. The predicted octanol–water partition coefficient (Wildman–Crippen LogP) is 4.37. The van der Waals surface area contributed by atoms with E-state index in [1.165, 1.54) is 42.7 Å². The third-order valence-corrected chi connectivity index (χ3v) is 5.81. The molecule has 3 heterocycles. The van der Waals surface area contributed by atoms with Crippen molar-refractivity contribution >= 4 is 34.6 Å². The van der Waals surface area contributed by atoms with Crippen LogP contribution in [0.1, 0.15) is 35.4 Å². The number of likely N-dealkylation sites (tertiary alicyclic amines) is 1. The third-order valence-electron chi connectivity index (χ3n) is 4.70. The van der Waals surface area contributed by atoms with Crippen LogP contribution in [0.15, 0.2) is 35.8 Å². The highest BCUT2D eigenvalue weighted by molar-refractivity contribution is 7.71. The molecule has 0 saturated carbocycles. The number of H-pyrrole nitrogens is 1. The van der Waals surface area contributed by atoms with Gasteiger partial charge in [-0.1, -0.05) is 6.42 Å². The van der Waals surface area contributed by atoms with Gasteiger partial charge in [-0.25, -0.2) is 9.37 Å². The highest BCUT2D eigenvalue weighted by Gasteiger charge is 2.17. The van der Waals surface area contributed by atoms with E-state index in [2.05, 4.69) is 20.2 Å². The summed E-state index contributed by atoms with van der Waals surface area (Å²) in [6.07, 6.45) is 5.30. The van der Waals surface area contributed by atoms with Crippen molar-refractivity contribution in [1.29, 1.82) is 0 Å². The van der Waals surface area contributed by atoms with Gasteiger partial charge in [0.15, 0.2) is 9.90 Å². The second-order valence-corrected chi connectivity index (χ2v) is 7.97. The fraction of sp³-hybridized carbons (Fsp3) is 0.316. The van der Waals surface area contributed by atoms with Crippen molar-refractivity contribution in [2.24, 2.45) is 0 Å². The van der Waals surface area contributed by atoms with Gasteiger partial charge in [0.05, 0.1) is 5.69 Å². The van der Waals surface area contributed by atoms with Crippen LogP contribution >= 0.6 is 23.6 Å². The number of rotatable bonds is 5. The smallest absolute Gasteiger partial charge is 0.276 e. The van der Waals surface area contributed by atoms with Gasteiger partial charge in [0.25, 0.3) is 5.91 Å². The Kier molecular flexibility index (Phi) is 5.65. The molecule has 0 radical (unpaired) electrons. The summed E-state index contributed by atoms with van der Waals surface area (Å²) in [5.74, 6) is -0.670. The maximum atomic E-state index is 13.2. The maximum absolute atomic E-state index is 13.2. The minimum atomic E-state index is -0.346. The summed E-state index contributed by atoms with van der Waals surface area (Å²) in [6.45, 7) is 3.01. The van der Waals surface area contributed by atoms with Crippen molar-refractivity contribution in [3.05, 3.63) is 57.8 Å². The lowest BCUT2D eigenvalue weighted by atomic mass is 10.1. The molecule has 28 heavy (non-hydrogen) atoms. The van der Waals surface area contributed by atoms with Crippen molar-refractivity contribution in [1.82, 2.24) is 19.4 Å². The standard InChI is InChI=1S/C19H20FN5OS2/c20-13-4-6-15(7-5-13)25-16(10-21-19(25)27)17(26)23-18-22-14(12-28-18)11-24-8-2-1-3-9-24/h4-7,10,12H,1-3,8-9,11H2,(H,21,27)(H,22,23,26). The monoisotopic (exact) mass is 417 g/mol. The van der Waals surface area contributed by atoms with E-state index < -0.39 is 0 Å². The molecule has 9 heteroatoms. The summed E-state index contributed by atoms with van der Waals surface area (Å²) in [7, 11) is 0. The minimum absolute atomic E-state index is 0.324. The summed E-state index contributed by atoms with van der Waals surface area (Å²) in [6, 6.07) is 5.82. The quantitative estimate of drug-likeness (QED) is 0.605. The zero-order valence-electron chi connectivity index (χ0n) is 15.2. The first-order valence-corrected chi connectivity index (χ1v) is 10.4. The van der Waals surface area contributed by atoms with E-state index in [-0.39, 0.29) is 11.7 Å². The normalized spacial score (nSPS) is 14.9. The van der Waals surface area contributed by atoms with Crippen molar-refractivity contribution < 1.29 is 9.18 Å². The number of amides is 1.